The van der Waals surface area contributed by atoms with E-state index in [1.54, 1.807) is 0 Å². The van der Waals surface area contributed by atoms with Gasteiger partial charge in [-0.05, 0) is 50.4 Å². The van der Waals surface area contributed by atoms with Crippen molar-refractivity contribution in [2.24, 2.45) is 23.7 Å². The van der Waals surface area contributed by atoms with Crippen molar-refractivity contribution in [2.75, 3.05) is 13.1 Å². The maximum absolute atomic E-state index is 12.6. The molecule has 19 heavy (non-hydrogen) atoms. The number of likely N-dealkylation sites (tertiary alicyclic amines) is 1. The summed E-state index contributed by atoms with van der Waals surface area (Å²) in [6.45, 7) is 1.61. The maximum Gasteiger partial charge on any atom is 0.225 e. The zero-order chi connectivity index (χ0) is 13.0. The van der Waals surface area contributed by atoms with Gasteiger partial charge in [0.2, 0.25) is 5.91 Å². The summed E-state index contributed by atoms with van der Waals surface area (Å²) in [5.41, 5.74) is -0.452. The number of aliphatic hydroxyl groups is 1. The van der Waals surface area contributed by atoms with E-state index >= 15 is 0 Å². The molecule has 0 spiro atoms. The lowest BCUT2D eigenvalue weighted by molar-refractivity contribution is -0.147. The van der Waals surface area contributed by atoms with E-state index in [1.807, 2.05) is 0 Å². The van der Waals surface area contributed by atoms with Crippen LogP contribution in [0, 0.1) is 23.7 Å². The molecule has 4 atom stereocenters. The minimum Gasteiger partial charge on any atom is -0.389 e. The van der Waals surface area contributed by atoms with Gasteiger partial charge < -0.3 is 10.0 Å². The summed E-state index contributed by atoms with van der Waals surface area (Å²) in [6, 6.07) is 0. The second-order valence-corrected chi connectivity index (χ2v) is 7.50. The first kappa shape index (κ1) is 12.2. The van der Waals surface area contributed by atoms with Crippen molar-refractivity contribution in [3.63, 3.8) is 0 Å². The van der Waals surface area contributed by atoms with E-state index in [0.717, 1.165) is 63.5 Å². The Morgan fingerprint density at radius 2 is 1.89 bits per heavy atom. The molecule has 3 saturated carbocycles. The molecule has 1 heterocycles. The molecule has 0 aromatic carbocycles. The van der Waals surface area contributed by atoms with Crippen molar-refractivity contribution < 1.29 is 9.90 Å². The topological polar surface area (TPSA) is 40.5 Å². The molecule has 4 aliphatic rings. The fourth-order valence-corrected chi connectivity index (χ4v) is 4.95. The van der Waals surface area contributed by atoms with Crippen LogP contribution in [0.25, 0.3) is 0 Å². The molecule has 4 rings (SSSR count). The van der Waals surface area contributed by atoms with Gasteiger partial charge in [-0.1, -0.05) is 12.8 Å². The van der Waals surface area contributed by atoms with Crippen LogP contribution in [0.5, 0.6) is 0 Å². The van der Waals surface area contributed by atoms with E-state index in [0.29, 0.717) is 17.7 Å². The van der Waals surface area contributed by atoms with Crippen LogP contribution in [0.3, 0.4) is 0 Å². The second kappa shape index (κ2) is 4.21. The SMILES string of the molecule is O=C(C1CC2CC2C1)N1CCC2(O)CCCCC2C1. The number of hydrogen-bond donors (Lipinski definition) is 1. The lowest BCUT2D eigenvalue weighted by Gasteiger charge is -2.47. The maximum atomic E-state index is 12.6. The Morgan fingerprint density at radius 3 is 2.68 bits per heavy atom. The Hall–Kier alpha value is -0.570. The molecule has 0 radical (unpaired) electrons. The highest BCUT2D eigenvalue weighted by atomic mass is 16.3. The van der Waals surface area contributed by atoms with Crippen molar-refractivity contribution in [1.29, 1.82) is 0 Å². The highest BCUT2D eigenvalue weighted by molar-refractivity contribution is 5.79. The third-order valence-electron chi connectivity index (χ3n) is 6.33. The zero-order valence-corrected chi connectivity index (χ0v) is 11.7. The molecule has 0 aromatic heterocycles. The van der Waals surface area contributed by atoms with E-state index in [-0.39, 0.29) is 0 Å². The van der Waals surface area contributed by atoms with Gasteiger partial charge in [-0.25, -0.2) is 0 Å². The minimum absolute atomic E-state index is 0.318. The number of fused-ring (bicyclic) bond motifs is 2. The lowest BCUT2D eigenvalue weighted by atomic mass is 9.71. The van der Waals surface area contributed by atoms with Gasteiger partial charge in [0.25, 0.3) is 0 Å². The average Bonchev–Trinajstić information content (AvgIpc) is 3.03. The Kier molecular flexibility index (Phi) is 2.70. The molecular weight excluding hydrogens is 238 g/mol. The van der Waals surface area contributed by atoms with Gasteiger partial charge in [0.1, 0.15) is 0 Å². The molecule has 106 valence electrons. The Morgan fingerprint density at radius 1 is 1.11 bits per heavy atom. The fourth-order valence-electron chi connectivity index (χ4n) is 4.95. The molecule has 1 N–H and O–H groups in total. The van der Waals surface area contributed by atoms with Gasteiger partial charge >= 0.3 is 0 Å². The van der Waals surface area contributed by atoms with Gasteiger partial charge in [-0.3, -0.25) is 4.79 Å². The summed E-state index contributed by atoms with van der Waals surface area (Å²) in [7, 11) is 0. The van der Waals surface area contributed by atoms with E-state index in [2.05, 4.69) is 4.90 Å². The van der Waals surface area contributed by atoms with Gasteiger partial charge in [0, 0.05) is 24.9 Å². The van der Waals surface area contributed by atoms with Crippen molar-refractivity contribution in [3.05, 3.63) is 0 Å². The molecule has 3 heteroatoms. The number of hydrogen-bond acceptors (Lipinski definition) is 2. The third-order valence-corrected chi connectivity index (χ3v) is 6.33. The number of nitrogens with zero attached hydrogens (tertiary/aromatic N) is 1. The van der Waals surface area contributed by atoms with Crippen LogP contribution in [0.1, 0.15) is 51.4 Å². The van der Waals surface area contributed by atoms with Crippen LogP contribution in [0.15, 0.2) is 0 Å². The molecule has 1 amide bonds. The smallest absolute Gasteiger partial charge is 0.225 e. The fraction of sp³-hybridized carbons (Fsp3) is 0.938. The predicted molar refractivity (Wildman–Crippen MR) is 72.4 cm³/mol. The van der Waals surface area contributed by atoms with Gasteiger partial charge in [0.15, 0.2) is 0 Å². The summed E-state index contributed by atoms with van der Waals surface area (Å²) < 4.78 is 0. The molecule has 1 saturated heterocycles. The van der Waals surface area contributed by atoms with Crippen molar-refractivity contribution >= 4 is 5.91 Å². The average molecular weight is 263 g/mol. The first-order chi connectivity index (χ1) is 9.16. The zero-order valence-electron chi connectivity index (χ0n) is 11.7. The van der Waals surface area contributed by atoms with Crippen molar-refractivity contribution in [1.82, 2.24) is 4.90 Å². The minimum atomic E-state index is -0.452. The molecular formula is C16H25NO2. The molecule has 4 fully saturated rings. The van der Waals surface area contributed by atoms with Crippen molar-refractivity contribution in [2.45, 2.75) is 57.0 Å². The van der Waals surface area contributed by atoms with E-state index < -0.39 is 5.60 Å². The Labute approximate surface area is 115 Å². The highest BCUT2D eigenvalue weighted by Gasteiger charge is 2.50. The van der Waals surface area contributed by atoms with Crippen LogP contribution in [-0.4, -0.2) is 34.6 Å². The van der Waals surface area contributed by atoms with Gasteiger partial charge in [-0.2, -0.15) is 0 Å². The predicted octanol–water partition coefficient (Wildman–Crippen LogP) is 2.19. The number of amides is 1. The third kappa shape index (κ3) is 2.01. The summed E-state index contributed by atoms with van der Waals surface area (Å²) in [5, 5.41) is 10.7. The standard InChI is InChI=1S/C16H25NO2/c18-15(13-8-11-7-12(11)9-13)17-6-5-16(19)4-2-1-3-14(16)10-17/h11-14,19H,1-10H2. The van der Waals surface area contributed by atoms with Crippen LogP contribution >= 0.6 is 0 Å². The molecule has 3 aliphatic carbocycles. The largest absolute Gasteiger partial charge is 0.389 e. The van der Waals surface area contributed by atoms with Crippen LogP contribution in [-0.2, 0) is 4.79 Å². The number of carbonyl (C=O) groups excluding carboxylic acids is 1. The first-order valence-electron chi connectivity index (χ1n) is 8.17. The summed E-state index contributed by atoms with van der Waals surface area (Å²) in [6.07, 6.45) is 8.93. The normalized spacial score (nSPS) is 48.6. The molecule has 0 bridgehead atoms. The molecule has 0 aromatic rings. The van der Waals surface area contributed by atoms with Gasteiger partial charge in [0.05, 0.1) is 5.60 Å². The number of carbonyl (C=O) groups is 1. The second-order valence-electron chi connectivity index (χ2n) is 7.50. The first-order valence-corrected chi connectivity index (χ1v) is 8.17. The number of rotatable bonds is 1. The lowest BCUT2D eigenvalue weighted by Crippen LogP contribution is -2.55. The molecule has 4 unspecified atom stereocenters. The van der Waals surface area contributed by atoms with Gasteiger partial charge in [-0.15, -0.1) is 0 Å². The van der Waals surface area contributed by atoms with Crippen LogP contribution in [0.4, 0.5) is 0 Å². The van der Waals surface area contributed by atoms with Crippen LogP contribution < -0.4 is 0 Å². The Balaban J connectivity index is 1.41. The van der Waals surface area contributed by atoms with Crippen LogP contribution in [0.2, 0.25) is 0 Å². The summed E-state index contributed by atoms with van der Waals surface area (Å²) >= 11 is 0. The van der Waals surface area contributed by atoms with Crippen molar-refractivity contribution in [3.8, 4) is 0 Å². The molecule has 3 nitrogen and oxygen atoms in total. The monoisotopic (exact) mass is 263 g/mol. The summed E-state index contributed by atoms with van der Waals surface area (Å²) in [5.74, 6) is 2.82. The van der Waals surface area contributed by atoms with E-state index in [4.69, 9.17) is 0 Å². The number of piperidine rings is 1. The summed E-state index contributed by atoms with van der Waals surface area (Å²) in [4.78, 5) is 14.7. The van der Waals surface area contributed by atoms with E-state index in [1.165, 1.54) is 12.8 Å². The highest BCUT2D eigenvalue weighted by Crippen LogP contribution is 2.55. The Bertz CT molecular complexity index is 386. The quantitative estimate of drug-likeness (QED) is 0.788. The van der Waals surface area contributed by atoms with E-state index in [9.17, 15) is 9.90 Å². The molecule has 1 aliphatic heterocycles.